The van der Waals surface area contributed by atoms with Crippen LogP contribution in [0.25, 0.3) is 0 Å². The summed E-state index contributed by atoms with van der Waals surface area (Å²) in [4.78, 5) is 52.8. The average Bonchev–Trinajstić information content (AvgIpc) is 3.48. The van der Waals surface area contributed by atoms with Crippen molar-refractivity contribution in [1.29, 1.82) is 0 Å². The molecule has 0 aliphatic heterocycles. The number of benzene rings is 1. The van der Waals surface area contributed by atoms with Crippen LogP contribution in [0.4, 0.5) is 5.69 Å². The third kappa shape index (κ3) is 8.07. The number of carbonyl (C=O) groups is 4. The molecule has 0 saturated carbocycles. The Morgan fingerprint density at radius 3 is 2.06 bits per heavy atom. The minimum Gasteiger partial charge on any atom is -0.497 e. The van der Waals surface area contributed by atoms with Crippen molar-refractivity contribution in [2.24, 2.45) is 0 Å². The molecule has 0 saturated heterocycles. The number of anilines is 1. The van der Waals surface area contributed by atoms with Crippen LogP contribution in [0.1, 0.15) is 32.4 Å². The number of amides is 1. The second kappa shape index (κ2) is 12.3. The number of aromatic nitrogens is 2. The van der Waals surface area contributed by atoms with E-state index < -0.39 is 5.97 Å². The Morgan fingerprint density at radius 2 is 1.55 bits per heavy atom. The number of rotatable bonds is 8. The summed E-state index contributed by atoms with van der Waals surface area (Å²) >= 11 is 2.44. The summed E-state index contributed by atoms with van der Waals surface area (Å²) in [5.74, 6) is -0.833. The Hall–Kier alpha value is -3.44. The van der Waals surface area contributed by atoms with Crippen LogP contribution in [0.5, 0.6) is 5.75 Å². The maximum Gasteiger partial charge on any atom is 0.313 e. The fourth-order valence-electron chi connectivity index (χ4n) is 2.13. The van der Waals surface area contributed by atoms with E-state index in [2.05, 4.69) is 20.0 Å². The molecule has 2 heterocycles. The van der Waals surface area contributed by atoms with Crippen molar-refractivity contribution in [2.45, 2.75) is 12.8 Å². The van der Waals surface area contributed by atoms with Crippen molar-refractivity contribution in [3.8, 4) is 5.75 Å². The summed E-state index contributed by atoms with van der Waals surface area (Å²) in [7, 11) is 2.80. The molecule has 11 heteroatoms. The highest BCUT2D eigenvalue weighted by Gasteiger charge is 2.14. The highest BCUT2D eigenvalue weighted by Crippen LogP contribution is 2.17. The van der Waals surface area contributed by atoms with Crippen LogP contribution in [0.15, 0.2) is 47.4 Å². The van der Waals surface area contributed by atoms with E-state index >= 15 is 0 Å². The van der Waals surface area contributed by atoms with E-state index in [4.69, 9.17) is 4.74 Å². The van der Waals surface area contributed by atoms with Gasteiger partial charge in [0.1, 0.15) is 12.2 Å². The lowest BCUT2D eigenvalue weighted by atomic mass is 10.2. The summed E-state index contributed by atoms with van der Waals surface area (Å²) in [5.41, 5.74) is 0.594. The zero-order valence-electron chi connectivity index (χ0n) is 16.7. The molecular formula is C20H19N3O6S2. The number of nitrogens with one attached hydrogen (secondary N) is 1. The normalized spacial score (nSPS) is 9.74. The van der Waals surface area contributed by atoms with Crippen LogP contribution in [-0.4, -0.2) is 47.6 Å². The number of methoxy groups -OCH3 is 2. The molecule has 2 aromatic heterocycles. The number of hydrogen-bond donors (Lipinski definition) is 1. The van der Waals surface area contributed by atoms with Gasteiger partial charge in [0.05, 0.1) is 20.6 Å². The first-order chi connectivity index (χ1) is 14.9. The van der Waals surface area contributed by atoms with Gasteiger partial charge in [-0.1, -0.05) is 6.07 Å². The lowest BCUT2D eigenvalue weighted by Gasteiger charge is -2.06. The predicted octanol–water partition coefficient (Wildman–Crippen LogP) is 3.25. The van der Waals surface area contributed by atoms with Gasteiger partial charge in [-0.05, 0) is 12.1 Å². The number of Topliss-reactive ketones (excluding diaryl/α,β-unsaturated/α-hetero) is 2. The lowest BCUT2D eigenvalue weighted by molar-refractivity contribution is -0.139. The second-order valence-corrected chi connectivity index (χ2v) is 7.52. The van der Waals surface area contributed by atoms with Gasteiger partial charge in [0.15, 0.2) is 10.0 Å². The van der Waals surface area contributed by atoms with Crippen molar-refractivity contribution in [1.82, 2.24) is 9.97 Å². The quantitative estimate of drug-likeness (QED) is 0.308. The van der Waals surface area contributed by atoms with Crippen LogP contribution >= 0.6 is 22.7 Å². The molecule has 0 spiro atoms. The molecule has 9 nitrogen and oxygen atoms in total. The summed E-state index contributed by atoms with van der Waals surface area (Å²) in [6.07, 6.45) is 2.61. The number of ketones is 2. The number of hydrogen-bond acceptors (Lipinski definition) is 10. The average molecular weight is 462 g/mol. The minimum atomic E-state index is -0.532. The van der Waals surface area contributed by atoms with Gasteiger partial charge in [-0.15, -0.1) is 22.7 Å². The van der Waals surface area contributed by atoms with Gasteiger partial charge >= 0.3 is 5.97 Å². The predicted molar refractivity (Wildman–Crippen MR) is 116 cm³/mol. The summed E-state index contributed by atoms with van der Waals surface area (Å²) in [5, 5.41) is 6.73. The van der Waals surface area contributed by atoms with E-state index in [0.717, 1.165) is 0 Å². The summed E-state index contributed by atoms with van der Waals surface area (Å²) in [6, 6.07) is 6.95. The molecule has 31 heavy (non-hydrogen) atoms. The fraction of sp³-hybridized carbons (Fsp3) is 0.200. The molecule has 0 bridgehead atoms. The Balaban J connectivity index is 0.000000245. The minimum absolute atomic E-state index is 0.218. The third-order valence-electron chi connectivity index (χ3n) is 3.55. The smallest absolute Gasteiger partial charge is 0.313 e. The molecule has 0 unspecified atom stereocenters. The number of nitrogens with zero attached hydrogens (tertiary/aromatic N) is 2. The van der Waals surface area contributed by atoms with Crippen LogP contribution in [0.2, 0.25) is 0 Å². The first-order valence-corrected chi connectivity index (χ1v) is 10.5. The van der Waals surface area contributed by atoms with Gasteiger partial charge in [-0.25, -0.2) is 9.97 Å². The highest BCUT2D eigenvalue weighted by atomic mass is 32.1. The van der Waals surface area contributed by atoms with Gasteiger partial charge in [0.2, 0.25) is 17.5 Å². The summed E-state index contributed by atoms with van der Waals surface area (Å²) in [6.45, 7) is 0. The number of ether oxygens (including phenoxy) is 2. The molecular weight excluding hydrogens is 442 g/mol. The van der Waals surface area contributed by atoms with Crippen LogP contribution in [0, 0.1) is 0 Å². The zero-order valence-corrected chi connectivity index (χ0v) is 18.3. The maximum absolute atomic E-state index is 11.7. The maximum atomic E-state index is 11.7. The summed E-state index contributed by atoms with van der Waals surface area (Å²) < 4.78 is 9.39. The van der Waals surface area contributed by atoms with E-state index in [9.17, 15) is 19.2 Å². The Labute approximate surface area is 186 Å². The van der Waals surface area contributed by atoms with E-state index in [1.54, 1.807) is 42.1 Å². The number of esters is 1. The molecule has 0 atom stereocenters. The topological polar surface area (TPSA) is 125 Å². The van der Waals surface area contributed by atoms with Gasteiger partial charge in [-0.2, -0.15) is 0 Å². The zero-order chi connectivity index (χ0) is 22.6. The monoisotopic (exact) mass is 461 g/mol. The first-order valence-electron chi connectivity index (χ1n) is 8.79. The van der Waals surface area contributed by atoms with E-state index in [1.165, 1.54) is 42.2 Å². The highest BCUT2D eigenvalue weighted by molar-refractivity contribution is 7.12. The number of carbonyl (C=O) groups excluding carboxylic acids is 4. The van der Waals surface area contributed by atoms with Gasteiger partial charge < -0.3 is 14.8 Å². The van der Waals surface area contributed by atoms with E-state index in [0.29, 0.717) is 21.5 Å². The molecule has 0 radical (unpaired) electrons. The Morgan fingerprint density at radius 1 is 0.935 bits per heavy atom. The SMILES string of the molecule is COC(=O)CC(=O)c1nccs1.COc1cccc(NC(=O)CC(=O)c2nccs2)c1. The standard InChI is InChI=1S/C13H12N2O3S.C7H7NO3S/c1-18-10-4-2-3-9(7-10)15-12(17)8-11(16)13-14-5-6-19-13;1-11-6(10)4-5(9)7-8-2-3-12-7/h2-7H,8H2,1H3,(H,15,17);2-3H,4H2,1H3. The van der Waals surface area contributed by atoms with Crippen molar-refractivity contribution in [2.75, 3.05) is 19.5 Å². The molecule has 0 aliphatic carbocycles. The largest absolute Gasteiger partial charge is 0.497 e. The van der Waals surface area contributed by atoms with Crippen LogP contribution < -0.4 is 10.1 Å². The van der Waals surface area contributed by atoms with Gasteiger partial charge in [-0.3, -0.25) is 19.2 Å². The molecule has 1 aromatic carbocycles. The molecule has 1 amide bonds. The van der Waals surface area contributed by atoms with Crippen molar-refractivity contribution >= 4 is 51.8 Å². The van der Waals surface area contributed by atoms with Gasteiger partial charge in [0.25, 0.3) is 0 Å². The third-order valence-corrected chi connectivity index (χ3v) is 5.18. The van der Waals surface area contributed by atoms with E-state index in [-0.39, 0.29) is 30.3 Å². The molecule has 3 rings (SSSR count). The van der Waals surface area contributed by atoms with Gasteiger partial charge in [0, 0.05) is 34.9 Å². The van der Waals surface area contributed by atoms with E-state index in [1.807, 2.05) is 0 Å². The van der Waals surface area contributed by atoms with Crippen molar-refractivity contribution in [3.63, 3.8) is 0 Å². The Bertz CT molecular complexity index is 1020. The van der Waals surface area contributed by atoms with Crippen molar-refractivity contribution in [3.05, 3.63) is 57.4 Å². The van der Waals surface area contributed by atoms with Crippen LogP contribution in [-0.2, 0) is 14.3 Å². The molecule has 0 fully saturated rings. The molecule has 3 aromatic rings. The fourth-order valence-corrected chi connectivity index (χ4v) is 3.28. The van der Waals surface area contributed by atoms with Crippen LogP contribution in [0.3, 0.4) is 0 Å². The Kier molecular flexibility index (Phi) is 9.46. The first kappa shape index (κ1) is 23.8. The molecule has 0 aliphatic rings. The van der Waals surface area contributed by atoms with Crippen molar-refractivity contribution < 1.29 is 28.7 Å². The molecule has 162 valence electrons. The lowest BCUT2D eigenvalue weighted by Crippen LogP contribution is -2.16. The molecule has 1 N–H and O–H groups in total. The second-order valence-electron chi connectivity index (χ2n) is 5.73. The number of thiazole rings is 2.